The van der Waals surface area contributed by atoms with Crippen LogP contribution in [0.2, 0.25) is 5.02 Å². The molecule has 0 radical (unpaired) electrons. The predicted octanol–water partition coefficient (Wildman–Crippen LogP) is 5.94. The number of carbonyl (C=O) groups is 1. The van der Waals surface area contributed by atoms with E-state index in [4.69, 9.17) is 16.1 Å². The maximum atomic E-state index is 13.7. The third kappa shape index (κ3) is 3.73. The van der Waals surface area contributed by atoms with E-state index >= 15 is 0 Å². The summed E-state index contributed by atoms with van der Waals surface area (Å²) in [5.41, 5.74) is 1.44. The number of hydrogen-bond acceptors (Lipinski definition) is 6. The number of halogens is 4. The first-order chi connectivity index (χ1) is 16.3. The summed E-state index contributed by atoms with van der Waals surface area (Å²) in [4.78, 5) is 18.9. The molecule has 1 saturated carbocycles. The molecule has 0 amide bonds. The lowest BCUT2D eigenvalue weighted by Gasteiger charge is -2.14. The van der Waals surface area contributed by atoms with Gasteiger partial charge >= 0.3 is 5.97 Å². The zero-order valence-electron chi connectivity index (χ0n) is 17.6. The van der Waals surface area contributed by atoms with Crippen LogP contribution in [0.5, 0.6) is 0 Å². The largest absolute Gasteiger partial charge is 0.379 e. The molecule has 0 unspecified atom stereocenters. The van der Waals surface area contributed by atoms with Gasteiger partial charge in [0.1, 0.15) is 5.69 Å². The second kappa shape index (κ2) is 8.28. The highest BCUT2D eigenvalue weighted by atomic mass is 35.5. The van der Waals surface area contributed by atoms with Gasteiger partial charge in [-0.1, -0.05) is 22.8 Å². The van der Waals surface area contributed by atoms with E-state index in [1.54, 1.807) is 6.07 Å². The van der Waals surface area contributed by atoms with Crippen LogP contribution in [0.25, 0.3) is 17.3 Å². The molecular weight excluding hydrogens is 473 g/mol. The van der Waals surface area contributed by atoms with E-state index in [1.165, 1.54) is 30.3 Å². The molecule has 1 aliphatic rings. The maximum Gasteiger partial charge on any atom is 0.379 e. The van der Waals surface area contributed by atoms with Crippen molar-refractivity contribution in [1.29, 1.82) is 0 Å². The van der Waals surface area contributed by atoms with Crippen molar-refractivity contribution >= 4 is 17.6 Å². The van der Waals surface area contributed by atoms with Crippen molar-refractivity contribution in [3.8, 4) is 17.3 Å². The average Bonchev–Trinajstić information content (AvgIpc) is 3.26. The first-order valence-electron chi connectivity index (χ1n) is 10.2. The Morgan fingerprint density at radius 3 is 2.53 bits per heavy atom. The normalized spacial score (nSPS) is 14.4. The molecule has 0 aliphatic heterocycles. The molecule has 0 spiro atoms. The number of rotatable bonds is 6. The zero-order chi connectivity index (χ0) is 24.0. The molecule has 2 aromatic heterocycles. The fraction of sp³-hybridized carbons (Fsp3) is 0.217. The van der Waals surface area contributed by atoms with Gasteiger partial charge in [-0.05, 0) is 73.4 Å². The van der Waals surface area contributed by atoms with Gasteiger partial charge in [-0.3, -0.25) is 0 Å². The van der Waals surface area contributed by atoms with Gasteiger partial charge in [-0.15, -0.1) is 0 Å². The Labute approximate surface area is 196 Å². The minimum absolute atomic E-state index is 0.00571. The first-order valence-corrected chi connectivity index (χ1v) is 10.6. The summed E-state index contributed by atoms with van der Waals surface area (Å²) in [5.74, 6) is -0.730. The van der Waals surface area contributed by atoms with E-state index < -0.39 is 23.5 Å². The highest BCUT2D eigenvalue weighted by Crippen LogP contribution is 2.53. The minimum Gasteiger partial charge on any atom is -0.332 e. The maximum absolute atomic E-state index is 13.7. The molecule has 34 heavy (non-hydrogen) atoms. The van der Waals surface area contributed by atoms with Gasteiger partial charge in [0, 0.05) is 9.55 Å². The SMILES string of the molecule is Cc1cc(Cl)ccc1C1(c2noc(-c3cc(C(F)F)n(-c4ccc(C(=O)OF)cc4)n3)n2)CC1. The van der Waals surface area contributed by atoms with Crippen LogP contribution in [-0.2, 0) is 10.4 Å². The van der Waals surface area contributed by atoms with Crippen molar-refractivity contribution in [1.82, 2.24) is 19.9 Å². The summed E-state index contributed by atoms with van der Waals surface area (Å²) in [6.45, 7) is 1.96. The van der Waals surface area contributed by atoms with E-state index in [9.17, 15) is 18.1 Å². The third-order valence-electron chi connectivity index (χ3n) is 5.91. The Hall–Kier alpha value is -3.66. The number of alkyl halides is 2. The van der Waals surface area contributed by atoms with Gasteiger partial charge in [0.25, 0.3) is 12.3 Å². The molecule has 5 rings (SSSR count). The molecular formula is C23H16ClF3N4O3. The highest BCUT2D eigenvalue weighted by molar-refractivity contribution is 6.30. The fourth-order valence-electron chi connectivity index (χ4n) is 4.07. The lowest BCUT2D eigenvalue weighted by Crippen LogP contribution is -2.12. The Morgan fingerprint density at radius 1 is 1.18 bits per heavy atom. The second-order valence-electron chi connectivity index (χ2n) is 8.04. The standard InChI is InChI=1S/C23H16ClF3N4O3/c1-12-10-14(24)4-7-16(12)23(8-9-23)22-28-20(34-30-22)17-11-18(19(25)26)31(29-17)15-5-2-13(3-6-15)21(32)33-27/h2-7,10-11,19H,8-9H2,1H3. The summed E-state index contributed by atoms with van der Waals surface area (Å²) in [7, 11) is 0. The summed E-state index contributed by atoms with van der Waals surface area (Å²) in [6, 6.07) is 11.9. The van der Waals surface area contributed by atoms with Crippen LogP contribution in [-0.4, -0.2) is 25.9 Å². The number of nitrogens with zero attached hydrogens (tertiary/aromatic N) is 4. The molecule has 0 atom stereocenters. The minimum atomic E-state index is -2.86. The molecule has 1 fully saturated rings. The van der Waals surface area contributed by atoms with Crippen molar-refractivity contribution in [3.63, 3.8) is 0 Å². The third-order valence-corrected chi connectivity index (χ3v) is 6.14. The van der Waals surface area contributed by atoms with E-state index in [0.29, 0.717) is 10.8 Å². The van der Waals surface area contributed by atoms with Crippen LogP contribution < -0.4 is 0 Å². The molecule has 7 nitrogen and oxygen atoms in total. The number of benzene rings is 2. The molecule has 0 bridgehead atoms. The van der Waals surface area contributed by atoms with Gasteiger partial charge in [-0.25, -0.2) is 23.2 Å². The smallest absolute Gasteiger partial charge is 0.332 e. The van der Waals surface area contributed by atoms with E-state index in [0.717, 1.165) is 28.7 Å². The van der Waals surface area contributed by atoms with Crippen LogP contribution in [0.3, 0.4) is 0 Å². The summed E-state index contributed by atoms with van der Waals surface area (Å²) in [6.07, 6.45) is -1.22. The van der Waals surface area contributed by atoms with E-state index in [1.807, 2.05) is 19.1 Å². The van der Waals surface area contributed by atoms with Crippen molar-refractivity contribution in [3.05, 3.63) is 81.8 Å². The molecule has 1 aliphatic carbocycles. The van der Waals surface area contributed by atoms with Crippen molar-refractivity contribution in [2.24, 2.45) is 0 Å². The lowest BCUT2D eigenvalue weighted by molar-refractivity contribution is -0.0788. The number of hydrogen-bond donors (Lipinski definition) is 0. The first kappa shape index (κ1) is 22.1. The Kier molecular flexibility index (Phi) is 5.40. The number of aryl methyl sites for hydroxylation is 1. The number of aromatic nitrogens is 4. The Balaban J connectivity index is 1.50. The number of carbonyl (C=O) groups excluding carboxylic acids is 1. The summed E-state index contributed by atoms with van der Waals surface area (Å²) >= 11 is 6.08. The second-order valence-corrected chi connectivity index (χ2v) is 8.48. The van der Waals surface area contributed by atoms with Crippen molar-refractivity contribution in [2.75, 3.05) is 0 Å². The molecule has 174 valence electrons. The van der Waals surface area contributed by atoms with Gasteiger partial charge in [0.2, 0.25) is 0 Å². The lowest BCUT2D eigenvalue weighted by atomic mass is 9.91. The van der Waals surface area contributed by atoms with E-state index in [-0.39, 0.29) is 22.8 Å². The van der Waals surface area contributed by atoms with Gasteiger partial charge < -0.3 is 4.52 Å². The van der Waals surface area contributed by atoms with Crippen molar-refractivity contribution < 1.29 is 27.6 Å². The molecule has 0 saturated heterocycles. The topological polar surface area (TPSA) is 83.0 Å². The Bertz CT molecular complexity index is 1380. The molecule has 0 N–H and O–H groups in total. The predicted molar refractivity (Wildman–Crippen MR) is 115 cm³/mol. The molecule has 4 aromatic rings. The van der Waals surface area contributed by atoms with Gasteiger partial charge in [0.15, 0.2) is 11.5 Å². The van der Waals surface area contributed by atoms with Gasteiger partial charge in [0.05, 0.1) is 16.7 Å². The van der Waals surface area contributed by atoms with Crippen LogP contribution in [0, 0.1) is 6.92 Å². The Morgan fingerprint density at radius 2 is 1.91 bits per heavy atom. The van der Waals surface area contributed by atoms with Crippen LogP contribution in [0.4, 0.5) is 13.3 Å². The molecule has 2 heterocycles. The summed E-state index contributed by atoms with van der Waals surface area (Å²) < 4.78 is 46.0. The van der Waals surface area contributed by atoms with E-state index in [2.05, 4.69) is 20.2 Å². The molecule has 11 heteroatoms. The zero-order valence-corrected chi connectivity index (χ0v) is 18.4. The van der Waals surface area contributed by atoms with Gasteiger partial charge in [-0.2, -0.15) is 10.1 Å². The van der Waals surface area contributed by atoms with Crippen LogP contribution in [0.1, 0.15) is 52.3 Å². The fourth-order valence-corrected chi connectivity index (χ4v) is 4.30. The molecule has 2 aromatic carbocycles. The highest BCUT2D eigenvalue weighted by Gasteiger charge is 2.51. The van der Waals surface area contributed by atoms with Crippen LogP contribution in [0.15, 0.2) is 53.1 Å². The monoisotopic (exact) mass is 488 g/mol. The quantitative estimate of drug-likeness (QED) is 0.334. The van der Waals surface area contributed by atoms with Crippen molar-refractivity contribution in [2.45, 2.75) is 31.6 Å². The summed E-state index contributed by atoms with van der Waals surface area (Å²) in [5, 5.41) is 8.97. The average molecular weight is 489 g/mol. The van der Waals surface area contributed by atoms with Crippen LogP contribution >= 0.6 is 11.6 Å².